The van der Waals surface area contributed by atoms with Gasteiger partial charge in [0, 0.05) is 15.4 Å². The van der Waals surface area contributed by atoms with Crippen molar-refractivity contribution in [2.75, 3.05) is 6.61 Å². The number of carbonyl (C=O) groups excluding carboxylic acids is 1. The molecule has 0 atom stereocenters. The molecule has 2 aromatic rings. The molecule has 21 heavy (non-hydrogen) atoms. The third-order valence-corrected chi connectivity index (χ3v) is 4.31. The molecule has 0 aliphatic rings. The van der Waals surface area contributed by atoms with Gasteiger partial charge < -0.3 is 5.11 Å². The minimum absolute atomic E-state index is 0.295. The van der Waals surface area contributed by atoms with Crippen LogP contribution in [0.15, 0.2) is 48.5 Å². The van der Waals surface area contributed by atoms with Crippen LogP contribution in [0.1, 0.15) is 27.0 Å². The van der Waals surface area contributed by atoms with E-state index < -0.39 is 6.61 Å². The van der Waals surface area contributed by atoms with E-state index in [-0.39, 0.29) is 5.78 Å². The molecule has 108 valence electrons. The van der Waals surface area contributed by atoms with Crippen LogP contribution in [0, 0.1) is 6.92 Å². The zero-order valence-electron chi connectivity index (χ0n) is 11.6. The number of ketones is 1. The number of rotatable bonds is 4. The van der Waals surface area contributed by atoms with Crippen molar-refractivity contribution in [1.29, 1.82) is 0 Å². The van der Waals surface area contributed by atoms with Gasteiger partial charge in [-0.15, -0.1) is 25.3 Å². The van der Waals surface area contributed by atoms with Gasteiger partial charge in [-0.25, -0.2) is 0 Å². The molecular formula is C17H16O2S2. The van der Waals surface area contributed by atoms with Crippen LogP contribution in [0.2, 0.25) is 0 Å². The van der Waals surface area contributed by atoms with E-state index in [4.69, 9.17) is 5.11 Å². The highest BCUT2D eigenvalue weighted by Gasteiger charge is 2.07. The number of aryl methyl sites for hydroxylation is 1. The summed E-state index contributed by atoms with van der Waals surface area (Å²) in [5.41, 5.74) is 3.54. The summed E-state index contributed by atoms with van der Waals surface area (Å²) < 4.78 is 0. The Morgan fingerprint density at radius 1 is 0.857 bits per heavy atom. The van der Waals surface area contributed by atoms with E-state index in [1.165, 1.54) is 5.56 Å². The molecular weight excluding hydrogens is 300 g/mol. The number of hydrogen-bond acceptors (Lipinski definition) is 4. The molecule has 0 unspecified atom stereocenters. The second kappa shape index (κ2) is 6.98. The summed E-state index contributed by atoms with van der Waals surface area (Å²) in [6.45, 7) is 1.55. The van der Waals surface area contributed by atoms with Gasteiger partial charge in [0.05, 0.1) is 0 Å². The number of thiol groups is 2. The van der Waals surface area contributed by atoms with E-state index in [2.05, 4.69) is 25.3 Å². The number of aliphatic hydroxyl groups is 1. The van der Waals surface area contributed by atoms with Crippen LogP contribution >= 0.6 is 25.3 Å². The molecule has 0 spiro atoms. The van der Waals surface area contributed by atoms with Crippen molar-refractivity contribution in [3.05, 3.63) is 70.8 Å². The lowest BCUT2D eigenvalue weighted by atomic mass is 10.1. The van der Waals surface area contributed by atoms with Gasteiger partial charge in [-0.3, -0.25) is 4.79 Å². The topological polar surface area (TPSA) is 37.3 Å². The minimum Gasteiger partial charge on any atom is -0.388 e. The fourth-order valence-corrected chi connectivity index (χ4v) is 2.45. The van der Waals surface area contributed by atoms with Crippen molar-refractivity contribution in [2.45, 2.75) is 6.92 Å². The summed E-state index contributed by atoms with van der Waals surface area (Å²) in [5, 5.41) is 8.84. The third-order valence-electron chi connectivity index (χ3n) is 3.17. The number of Topliss-reactive ketones (excluding diaryl/α,β-unsaturated/α-hetero) is 1. The molecule has 0 aromatic heterocycles. The first-order valence-corrected chi connectivity index (χ1v) is 7.36. The van der Waals surface area contributed by atoms with E-state index in [9.17, 15) is 4.79 Å². The molecule has 0 heterocycles. The lowest BCUT2D eigenvalue weighted by molar-refractivity contribution is 0.0904. The first-order valence-electron chi connectivity index (χ1n) is 6.46. The van der Waals surface area contributed by atoms with Crippen molar-refractivity contribution in [3.63, 3.8) is 0 Å². The number of aliphatic hydroxyl groups excluding tert-OH is 1. The van der Waals surface area contributed by atoms with Gasteiger partial charge in [0.1, 0.15) is 6.61 Å². The smallest absolute Gasteiger partial charge is 0.188 e. The molecule has 1 N–H and O–H groups in total. The number of benzene rings is 2. The van der Waals surface area contributed by atoms with Gasteiger partial charge in [0.25, 0.3) is 0 Å². The van der Waals surface area contributed by atoms with E-state index in [0.717, 1.165) is 20.9 Å². The summed E-state index contributed by atoms with van der Waals surface area (Å²) in [6, 6.07) is 15.0. The first kappa shape index (κ1) is 15.9. The molecule has 0 fully saturated rings. The van der Waals surface area contributed by atoms with Gasteiger partial charge in [-0.2, -0.15) is 0 Å². The molecule has 0 radical (unpaired) electrons. The quantitative estimate of drug-likeness (QED) is 0.455. The third kappa shape index (κ3) is 3.79. The highest BCUT2D eigenvalue weighted by Crippen LogP contribution is 2.32. The Hall–Kier alpha value is -1.49. The van der Waals surface area contributed by atoms with Crippen LogP contribution in [-0.2, 0) is 0 Å². The van der Waals surface area contributed by atoms with Crippen molar-refractivity contribution in [3.8, 4) is 0 Å². The zero-order valence-corrected chi connectivity index (χ0v) is 13.4. The van der Waals surface area contributed by atoms with Gasteiger partial charge >= 0.3 is 0 Å². The molecule has 0 aliphatic heterocycles. The van der Waals surface area contributed by atoms with Gasteiger partial charge in [0.15, 0.2) is 5.78 Å². The van der Waals surface area contributed by atoms with Gasteiger partial charge in [0.2, 0.25) is 0 Å². The van der Waals surface area contributed by atoms with Crippen LogP contribution in [0.3, 0.4) is 0 Å². The Morgan fingerprint density at radius 3 is 1.67 bits per heavy atom. The van der Waals surface area contributed by atoms with Crippen molar-refractivity contribution >= 4 is 40.9 Å². The molecule has 2 aromatic carbocycles. The van der Waals surface area contributed by atoms with E-state index in [1.807, 2.05) is 31.2 Å². The summed E-state index contributed by atoms with van der Waals surface area (Å²) in [4.78, 5) is 12.9. The van der Waals surface area contributed by atoms with Crippen molar-refractivity contribution in [2.24, 2.45) is 0 Å². The second-order valence-corrected chi connectivity index (χ2v) is 5.62. The van der Waals surface area contributed by atoms with E-state index in [0.29, 0.717) is 5.56 Å². The monoisotopic (exact) mass is 316 g/mol. The lowest BCUT2D eigenvalue weighted by Gasteiger charge is -2.08. The maximum atomic E-state index is 11.4. The van der Waals surface area contributed by atoms with E-state index in [1.54, 1.807) is 24.3 Å². The fraction of sp³-hybridized carbons (Fsp3) is 0.118. The summed E-state index contributed by atoms with van der Waals surface area (Å²) in [6.07, 6.45) is 0. The van der Waals surface area contributed by atoms with Crippen LogP contribution in [0.5, 0.6) is 0 Å². The zero-order chi connectivity index (χ0) is 15.4. The summed E-state index contributed by atoms with van der Waals surface area (Å²) >= 11 is 9.07. The Kier molecular flexibility index (Phi) is 5.28. The summed E-state index contributed by atoms with van der Waals surface area (Å²) in [7, 11) is 0. The Morgan fingerprint density at radius 2 is 1.24 bits per heavy atom. The van der Waals surface area contributed by atoms with Gasteiger partial charge in [-0.05, 0) is 18.1 Å². The Labute approximate surface area is 135 Å². The molecule has 0 bridgehead atoms. The lowest BCUT2D eigenvalue weighted by Crippen LogP contribution is -2.03. The van der Waals surface area contributed by atoms with Crippen molar-refractivity contribution < 1.29 is 9.90 Å². The predicted molar refractivity (Wildman–Crippen MR) is 93.8 cm³/mol. The first-order chi connectivity index (χ1) is 10.0. The Bertz CT molecular complexity index is 671. The van der Waals surface area contributed by atoms with Crippen molar-refractivity contribution in [1.82, 2.24) is 0 Å². The maximum Gasteiger partial charge on any atom is 0.188 e. The average molecular weight is 316 g/mol. The van der Waals surface area contributed by atoms with Crippen LogP contribution in [-0.4, -0.2) is 17.5 Å². The predicted octanol–water partition coefficient (Wildman–Crippen LogP) is 3.86. The van der Waals surface area contributed by atoms with Crippen LogP contribution in [0.4, 0.5) is 0 Å². The molecule has 2 rings (SSSR count). The highest BCUT2D eigenvalue weighted by molar-refractivity contribution is 7.96. The molecule has 2 nitrogen and oxygen atoms in total. The number of hydrogen-bond donors (Lipinski definition) is 3. The fourth-order valence-electron chi connectivity index (χ4n) is 1.89. The van der Waals surface area contributed by atoms with E-state index >= 15 is 0 Å². The molecule has 0 saturated carbocycles. The largest absolute Gasteiger partial charge is 0.388 e. The normalized spacial score (nSPS) is 12.0. The van der Waals surface area contributed by atoms with Gasteiger partial charge in [-0.1, -0.05) is 54.1 Å². The average Bonchev–Trinajstić information content (AvgIpc) is 2.53. The summed E-state index contributed by atoms with van der Waals surface area (Å²) in [5.74, 6) is -0.295. The highest BCUT2D eigenvalue weighted by atomic mass is 32.1. The minimum atomic E-state index is -0.482. The van der Waals surface area contributed by atoms with Crippen LogP contribution < -0.4 is 0 Å². The molecule has 0 amide bonds. The second-order valence-electron chi connectivity index (χ2n) is 4.72. The standard InChI is InChI=1S/C17H16O2S2/c1-11-2-4-13(5-3-11)16(20)17(21)14-8-6-12(7-9-14)15(19)10-18/h2-9,18,20-21H,10H2,1H3. The number of carbonyl (C=O) groups is 1. The Balaban J connectivity index is 2.33. The molecule has 0 saturated heterocycles. The molecule has 0 aliphatic carbocycles. The SMILES string of the molecule is Cc1ccc(C(S)=C(S)c2ccc(C(=O)CO)cc2)cc1. The maximum absolute atomic E-state index is 11.4. The molecule has 4 heteroatoms. The van der Waals surface area contributed by atoms with Crippen LogP contribution in [0.25, 0.3) is 9.81 Å².